The summed E-state index contributed by atoms with van der Waals surface area (Å²) in [4.78, 5) is 4.69. The standard InChI is InChI=1S/C26H28N6/c1-3-7-20(8-4-1)19-32-26(29-30-31-32)22-11-14-24(15-12-22)28-18-25-16-13-23(17-27-25)21-9-5-2-6-10-21/h1,3-4,7-8,11-17,21,28H,2,5-6,9-10,18-19H2. The molecule has 4 aromatic rings. The lowest BCUT2D eigenvalue weighted by atomic mass is 9.85. The van der Waals surface area contributed by atoms with Gasteiger partial charge in [0.15, 0.2) is 5.82 Å². The molecule has 0 atom stereocenters. The molecule has 1 aliphatic rings. The van der Waals surface area contributed by atoms with Gasteiger partial charge in [-0.2, -0.15) is 0 Å². The number of pyridine rings is 1. The molecule has 0 saturated heterocycles. The van der Waals surface area contributed by atoms with Crippen molar-refractivity contribution in [3.63, 3.8) is 0 Å². The van der Waals surface area contributed by atoms with Gasteiger partial charge in [0, 0.05) is 17.4 Å². The van der Waals surface area contributed by atoms with Crippen LogP contribution in [0.2, 0.25) is 0 Å². The predicted molar refractivity (Wildman–Crippen MR) is 126 cm³/mol. The normalized spacial score (nSPS) is 14.4. The molecule has 0 spiro atoms. The van der Waals surface area contributed by atoms with E-state index in [0.29, 0.717) is 19.0 Å². The van der Waals surface area contributed by atoms with E-state index in [1.807, 2.05) is 22.9 Å². The first-order valence-electron chi connectivity index (χ1n) is 11.4. The lowest BCUT2D eigenvalue weighted by Crippen LogP contribution is -2.06. The summed E-state index contributed by atoms with van der Waals surface area (Å²) in [6, 6.07) is 22.9. The number of aromatic nitrogens is 5. The van der Waals surface area contributed by atoms with E-state index >= 15 is 0 Å². The Labute approximate surface area is 188 Å². The molecule has 1 fully saturated rings. The monoisotopic (exact) mass is 424 g/mol. The number of tetrazole rings is 1. The number of nitrogens with one attached hydrogen (secondary N) is 1. The van der Waals surface area contributed by atoms with Crippen LogP contribution in [0.3, 0.4) is 0 Å². The first-order valence-corrected chi connectivity index (χ1v) is 11.4. The fraction of sp³-hybridized carbons (Fsp3) is 0.308. The molecule has 0 unspecified atom stereocenters. The molecule has 1 N–H and O–H groups in total. The van der Waals surface area contributed by atoms with E-state index in [-0.39, 0.29) is 0 Å². The molecule has 0 bridgehead atoms. The predicted octanol–water partition coefficient (Wildman–Crippen LogP) is 5.44. The molecule has 32 heavy (non-hydrogen) atoms. The number of nitrogens with zero attached hydrogens (tertiary/aromatic N) is 5. The second-order valence-corrected chi connectivity index (χ2v) is 8.49. The zero-order valence-electron chi connectivity index (χ0n) is 18.2. The second kappa shape index (κ2) is 9.73. The Kier molecular flexibility index (Phi) is 6.19. The van der Waals surface area contributed by atoms with E-state index in [1.54, 1.807) is 0 Å². The van der Waals surface area contributed by atoms with Gasteiger partial charge in [-0.3, -0.25) is 4.98 Å². The summed E-state index contributed by atoms with van der Waals surface area (Å²) in [5.41, 5.74) is 5.66. The van der Waals surface area contributed by atoms with Gasteiger partial charge in [-0.15, -0.1) is 5.10 Å². The van der Waals surface area contributed by atoms with Crippen molar-refractivity contribution in [1.82, 2.24) is 25.2 Å². The van der Waals surface area contributed by atoms with Crippen LogP contribution in [0.15, 0.2) is 72.9 Å². The van der Waals surface area contributed by atoms with Gasteiger partial charge in [0.25, 0.3) is 0 Å². The van der Waals surface area contributed by atoms with Gasteiger partial charge in [-0.1, -0.05) is 55.7 Å². The molecule has 5 rings (SSSR count). The van der Waals surface area contributed by atoms with Crippen LogP contribution in [0, 0.1) is 0 Å². The van der Waals surface area contributed by atoms with Crippen LogP contribution in [-0.4, -0.2) is 25.2 Å². The summed E-state index contributed by atoms with van der Waals surface area (Å²) in [6.07, 6.45) is 8.76. The first-order chi connectivity index (χ1) is 15.8. The van der Waals surface area contributed by atoms with Crippen LogP contribution in [0.4, 0.5) is 5.69 Å². The van der Waals surface area contributed by atoms with Crippen molar-refractivity contribution in [2.24, 2.45) is 0 Å². The van der Waals surface area contributed by atoms with Crippen molar-refractivity contribution < 1.29 is 0 Å². The van der Waals surface area contributed by atoms with Gasteiger partial charge in [-0.25, -0.2) is 4.68 Å². The number of anilines is 1. The fourth-order valence-electron chi connectivity index (χ4n) is 4.42. The van der Waals surface area contributed by atoms with E-state index in [2.05, 4.69) is 80.6 Å². The molecule has 162 valence electrons. The third kappa shape index (κ3) is 4.85. The molecule has 1 saturated carbocycles. The number of benzene rings is 2. The Morgan fingerprint density at radius 2 is 1.69 bits per heavy atom. The topological polar surface area (TPSA) is 68.5 Å². The average Bonchev–Trinajstić information content (AvgIpc) is 3.33. The Balaban J connectivity index is 1.20. The average molecular weight is 425 g/mol. The van der Waals surface area contributed by atoms with Crippen molar-refractivity contribution >= 4 is 5.69 Å². The maximum atomic E-state index is 4.69. The minimum Gasteiger partial charge on any atom is -0.379 e. The highest BCUT2D eigenvalue weighted by Gasteiger charge is 2.15. The largest absolute Gasteiger partial charge is 0.379 e. The molecular weight excluding hydrogens is 396 g/mol. The minimum atomic E-state index is 0.645. The highest BCUT2D eigenvalue weighted by molar-refractivity contribution is 5.59. The second-order valence-electron chi connectivity index (χ2n) is 8.49. The summed E-state index contributed by atoms with van der Waals surface area (Å²) >= 11 is 0. The quantitative estimate of drug-likeness (QED) is 0.428. The van der Waals surface area contributed by atoms with Gasteiger partial charge in [0.2, 0.25) is 0 Å². The smallest absolute Gasteiger partial charge is 0.182 e. The molecule has 2 aromatic heterocycles. The van der Waals surface area contributed by atoms with Gasteiger partial charge in [0.1, 0.15) is 0 Å². The zero-order chi connectivity index (χ0) is 21.6. The third-order valence-corrected chi connectivity index (χ3v) is 6.25. The van der Waals surface area contributed by atoms with Gasteiger partial charge < -0.3 is 5.32 Å². The van der Waals surface area contributed by atoms with E-state index in [9.17, 15) is 0 Å². The molecule has 6 heteroatoms. The van der Waals surface area contributed by atoms with Gasteiger partial charge in [0.05, 0.1) is 18.8 Å². The van der Waals surface area contributed by atoms with E-state index < -0.39 is 0 Å². The van der Waals surface area contributed by atoms with Crippen LogP contribution in [0.1, 0.15) is 54.8 Å². The highest BCUT2D eigenvalue weighted by Crippen LogP contribution is 2.32. The lowest BCUT2D eigenvalue weighted by molar-refractivity contribution is 0.443. The van der Waals surface area contributed by atoms with Crippen molar-refractivity contribution in [3.8, 4) is 11.4 Å². The van der Waals surface area contributed by atoms with Crippen molar-refractivity contribution in [3.05, 3.63) is 89.7 Å². The number of rotatable bonds is 7. The molecule has 2 heterocycles. The molecule has 1 aliphatic carbocycles. The molecule has 6 nitrogen and oxygen atoms in total. The maximum Gasteiger partial charge on any atom is 0.182 e. The minimum absolute atomic E-state index is 0.645. The number of hydrogen-bond acceptors (Lipinski definition) is 5. The summed E-state index contributed by atoms with van der Waals surface area (Å²) in [5.74, 6) is 1.46. The Bertz CT molecular complexity index is 1110. The van der Waals surface area contributed by atoms with E-state index in [1.165, 1.54) is 43.2 Å². The molecular formula is C26H28N6. The Hall–Kier alpha value is -3.54. The highest BCUT2D eigenvalue weighted by atomic mass is 15.5. The molecule has 0 radical (unpaired) electrons. The van der Waals surface area contributed by atoms with Gasteiger partial charge >= 0.3 is 0 Å². The van der Waals surface area contributed by atoms with Crippen molar-refractivity contribution in [2.75, 3.05) is 5.32 Å². The molecule has 2 aromatic carbocycles. The van der Waals surface area contributed by atoms with E-state index in [4.69, 9.17) is 0 Å². The lowest BCUT2D eigenvalue weighted by Gasteiger charge is -2.21. The SMILES string of the molecule is c1ccc(Cn2nnnc2-c2ccc(NCc3ccc(C4CCCCC4)cn3)cc2)cc1. The maximum absolute atomic E-state index is 4.69. The third-order valence-electron chi connectivity index (χ3n) is 6.25. The van der Waals surface area contributed by atoms with Crippen LogP contribution < -0.4 is 5.32 Å². The Morgan fingerprint density at radius 1 is 0.875 bits per heavy atom. The van der Waals surface area contributed by atoms with Gasteiger partial charge in [-0.05, 0) is 70.6 Å². The summed E-state index contributed by atoms with van der Waals surface area (Å²) < 4.78 is 1.83. The molecule has 0 aliphatic heterocycles. The van der Waals surface area contributed by atoms with Crippen LogP contribution >= 0.6 is 0 Å². The Morgan fingerprint density at radius 3 is 2.44 bits per heavy atom. The summed E-state index contributed by atoms with van der Waals surface area (Å²) in [6.45, 7) is 1.35. The van der Waals surface area contributed by atoms with Crippen molar-refractivity contribution in [1.29, 1.82) is 0 Å². The number of hydrogen-bond donors (Lipinski definition) is 1. The summed E-state index contributed by atoms with van der Waals surface area (Å²) in [7, 11) is 0. The van der Waals surface area contributed by atoms with Crippen LogP contribution in [0.25, 0.3) is 11.4 Å². The fourth-order valence-corrected chi connectivity index (χ4v) is 4.42. The first kappa shape index (κ1) is 20.4. The summed E-state index contributed by atoms with van der Waals surface area (Å²) in [5, 5.41) is 15.7. The van der Waals surface area contributed by atoms with Crippen LogP contribution in [-0.2, 0) is 13.1 Å². The van der Waals surface area contributed by atoms with E-state index in [0.717, 1.165) is 22.8 Å². The zero-order valence-corrected chi connectivity index (χ0v) is 18.2. The van der Waals surface area contributed by atoms with Crippen molar-refractivity contribution in [2.45, 2.75) is 51.1 Å². The van der Waals surface area contributed by atoms with Crippen LogP contribution in [0.5, 0.6) is 0 Å². The molecule has 0 amide bonds.